The highest BCUT2D eigenvalue weighted by Crippen LogP contribution is 2.12. The van der Waals surface area contributed by atoms with E-state index >= 15 is 0 Å². The largest absolute Gasteiger partial charge is 0.275 e. The lowest BCUT2D eigenvalue weighted by atomic mass is 10.3. The van der Waals surface area contributed by atoms with Gasteiger partial charge in [0.2, 0.25) is 0 Å². The first-order valence-corrected chi connectivity index (χ1v) is 5.06. The van der Waals surface area contributed by atoms with Gasteiger partial charge in [-0.25, -0.2) is 0 Å². The highest BCUT2D eigenvalue weighted by molar-refractivity contribution is 6.15. The number of aryl methyl sites for hydroxylation is 1. The average molecular weight is 220 g/mol. The number of aromatic nitrogens is 3. The van der Waals surface area contributed by atoms with Crippen LogP contribution >= 0.6 is 0 Å². The molecule has 0 atom stereocenters. The zero-order chi connectivity index (χ0) is 11.5. The van der Waals surface area contributed by atoms with E-state index in [0.29, 0.717) is 25.1 Å². The Bertz CT molecular complexity index is 436. The second kappa shape index (κ2) is 4.26. The van der Waals surface area contributed by atoms with E-state index in [1.54, 1.807) is 24.0 Å². The molecule has 84 valence electrons. The number of nitrogens with zero attached hydrogens (tertiary/aromatic N) is 4. The Morgan fingerprint density at radius 3 is 2.69 bits per heavy atom. The Hall–Kier alpha value is -1.98. The molecule has 16 heavy (non-hydrogen) atoms. The van der Waals surface area contributed by atoms with Gasteiger partial charge in [0.1, 0.15) is 0 Å². The SMILES string of the molecule is CC1=CC(=O)N(CCCn2ccnn2)C1=O. The third-order valence-corrected chi connectivity index (χ3v) is 2.43. The van der Waals surface area contributed by atoms with Crippen molar-refractivity contribution in [2.75, 3.05) is 6.54 Å². The van der Waals surface area contributed by atoms with Crippen LogP contribution < -0.4 is 0 Å². The lowest BCUT2D eigenvalue weighted by Gasteiger charge is -2.13. The summed E-state index contributed by atoms with van der Waals surface area (Å²) in [6.07, 6.45) is 5.40. The van der Waals surface area contributed by atoms with Gasteiger partial charge in [-0.15, -0.1) is 5.10 Å². The van der Waals surface area contributed by atoms with Crippen LogP contribution in [0.4, 0.5) is 0 Å². The fourth-order valence-corrected chi connectivity index (χ4v) is 1.59. The van der Waals surface area contributed by atoms with Crippen molar-refractivity contribution in [1.29, 1.82) is 0 Å². The molecule has 6 nitrogen and oxygen atoms in total. The topological polar surface area (TPSA) is 68.1 Å². The summed E-state index contributed by atoms with van der Waals surface area (Å²) in [6, 6.07) is 0. The molecular formula is C10H12N4O2. The molecule has 6 heteroatoms. The maximum atomic E-state index is 11.5. The lowest BCUT2D eigenvalue weighted by molar-refractivity contribution is -0.137. The van der Waals surface area contributed by atoms with Gasteiger partial charge < -0.3 is 0 Å². The van der Waals surface area contributed by atoms with Gasteiger partial charge in [0.05, 0.1) is 6.20 Å². The highest BCUT2D eigenvalue weighted by atomic mass is 16.2. The standard InChI is InChI=1S/C10H12N4O2/c1-8-7-9(15)14(10(8)16)5-2-4-13-6-3-11-12-13/h3,6-7H,2,4-5H2,1H3. The summed E-state index contributed by atoms with van der Waals surface area (Å²) in [6.45, 7) is 2.72. The molecule has 1 aromatic rings. The Kier molecular flexibility index (Phi) is 2.80. The molecule has 2 rings (SSSR count). The number of amides is 2. The number of rotatable bonds is 4. The van der Waals surface area contributed by atoms with Gasteiger partial charge in [-0.2, -0.15) is 0 Å². The Morgan fingerprint density at radius 1 is 1.31 bits per heavy atom. The van der Waals surface area contributed by atoms with E-state index in [1.807, 2.05) is 0 Å². The van der Waals surface area contributed by atoms with Crippen molar-refractivity contribution in [3.05, 3.63) is 24.0 Å². The normalized spacial score (nSPS) is 15.8. The Balaban J connectivity index is 1.83. The summed E-state index contributed by atoms with van der Waals surface area (Å²) in [7, 11) is 0. The van der Waals surface area contributed by atoms with Gasteiger partial charge in [-0.1, -0.05) is 5.21 Å². The molecule has 0 N–H and O–H groups in total. The van der Waals surface area contributed by atoms with Gasteiger partial charge in [-0.05, 0) is 13.3 Å². The first-order valence-electron chi connectivity index (χ1n) is 5.06. The average Bonchev–Trinajstić information content (AvgIpc) is 2.82. The molecule has 0 aliphatic carbocycles. The minimum Gasteiger partial charge on any atom is -0.275 e. The number of carbonyl (C=O) groups is 2. The molecule has 0 unspecified atom stereocenters. The van der Waals surface area contributed by atoms with Crippen LogP contribution in [0.15, 0.2) is 24.0 Å². The smallest absolute Gasteiger partial charge is 0.256 e. The fraction of sp³-hybridized carbons (Fsp3) is 0.400. The van der Waals surface area contributed by atoms with E-state index in [-0.39, 0.29) is 11.8 Å². The monoisotopic (exact) mass is 220 g/mol. The molecule has 0 radical (unpaired) electrons. The minimum atomic E-state index is -0.221. The highest BCUT2D eigenvalue weighted by Gasteiger charge is 2.27. The second-order valence-electron chi connectivity index (χ2n) is 3.64. The molecule has 0 saturated carbocycles. The number of imide groups is 1. The summed E-state index contributed by atoms with van der Waals surface area (Å²) >= 11 is 0. The zero-order valence-electron chi connectivity index (χ0n) is 8.96. The van der Waals surface area contributed by atoms with Gasteiger partial charge in [0, 0.05) is 30.9 Å². The maximum absolute atomic E-state index is 11.5. The first-order chi connectivity index (χ1) is 7.68. The molecule has 0 aromatic carbocycles. The van der Waals surface area contributed by atoms with E-state index in [9.17, 15) is 9.59 Å². The molecule has 2 heterocycles. The van der Waals surface area contributed by atoms with Crippen molar-refractivity contribution in [3.63, 3.8) is 0 Å². The lowest BCUT2D eigenvalue weighted by Crippen LogP contribution is -2.32. The summed E-state index contributed by atoms with van der Waals surface area (Å²) < 4.78 is 1.67. The molecular weight excluding hydrogens is 208 g/mol. The van der Waals surface area contributed by atoms with Crippen molar-refractivity contribution in [3.8, 4) is 0 Å². The summed E-state index contributed by atoms with van der Waals surface area (Å²) in [5, 5.41) is 7.47. The van der Waals surface area contributed by atoms with E-state index in [1.165, 1.54) is 11.0 Å². The van der Waals surface area contributed by atoms with Crippen molar-refractivity contribution in [2.45, 2.75) is 19.9 Å². The van der Waals surface area contributed by atoms with Gasteiger partial charge in [0.15, 0.2) is 0 Å². The third-order valence-electron chi connectivity index (χ3n) is 2.43. The van der Waals surface area contributed by atoms with E-state index in [2.05, 4.69) is 10.3 Å². The maximum Gasteiger partial charge on any atom is 0.256 e. The fourth-order valence-electron chi connectivity index (χ4n) is 1.59. The zero-order valence-corrected chi connectivity index (χ0v) is 8.96. The van der Waals surface area contributed by atoms with Crippen LogP contribution in [0, 0.1) is 0 Å². The predicted molar refractivity (Wildman–Crippen MR) is 55.1 cm³/mol. The molecule has 0 spiro atoms. The Labute approximate surface area is 92.5 Å². The van der Waals surface area contributed by atoms with Crippen LogP contribution in [0.25, 0.3) is 0 Å². The molecule has 1 aliphatic rings. The molecule has 2 amide bonds. The van der Waals surface area contributed by atoms with Crippen molar-refractivity contribution >= 4 is 11.8 Å². The van der Waals surface area contributed by atoms with Crippen molar-refractivity contribution in [2.24, 2.45) is 0 Å². The molecule has 0 saturated heterocycles. The quantitative estimate of drug-likeness (QED) is 0.669. The minimum absolute atomic E-state index is 0.191. The summed E-state index contributed by atoms with van der Waals surface area (Å²) in [5.74, 6) is -0.412. The van der Waals surface area contributed by atoms with Gasteiger partial charge in [-0.3, -0.25) is 19.2 Å². The first kappa shape index (κ1) is 10.5. The molecule has 0 fully saturated rings. The molecule has 1 aromatic heterocycles. The van der Waals surface area contributed by atoms with Crippen LogP contribution in [0.1, 0.15) is 13.3 Å². The number of hydrogen-bond acceptors (Lipinski definition) is 4. The molecule has 0 bridgehead atoms. The number of carbonyl (C=O) groups excluding carboxylic acids is 2. The van der Waals surface area contributed by atoms with Gasteiger partial charge in [0.25, 0.3) is 11.8 Å². The van der Waals surface area contributed by atoms with Crippen LogP contribution in [0.2, 0.25) is 0 Å². The van der Waals surface area contributed by atoms with Crippen molar-refractivity contribution in [1.82, 2.24) is 19.9 Å². The third kappa shape index (κ3) is 2.00. The van der Waals surface area contributed by atoms with Gasteiger partial charge >= 0.3 is 0 Å². The van der Waals surface area contributed by atoms with Crippen LogP contribution in [-0.4, -0.2) is 38.3 Å². The summed E-state index contributed by atoms with van der Waals surface area (Å²) in [4.78, 5) is 24.1. The number of hydrogen-bond donors (Lipinski definition) is 0. The van der Waals surface area contributed by atoms with Crippen molar-refractivity contribution < 1.29 is 9.59 Å². The van der Waals surface area contributed by atoms with Crippen LogP contribution in [0.3, 0.4) is 0 Å². The Morgan fingerprint density at radius 2 is 2.12 bits per heavy atom. The van der Waals surface area contributed by atoms with E-state index < -0.39 is 0 Å². The second-order valence-corrected chi connectivity index (χ2v) is 3.64. The van der Waals surface area contributed by atoms with Crippen LogP contribution in [0.5, 0.6) is 0 Å². The van der Waals surface area contributed by atoms with Crippen LogP contribution in [-0.2, 0) is 16.1 Å². The molecule has 1 aliphatic heterocycles. The van der Waals surface area contributed by atoms with E-state index in [0.717, 1.165) is 0 Å². The predicted octanol–water partition coefficient (Wildman–Crippen LogP) is -0.0167. The van der Waals surface area contributed by atoms with E-state index in [4.69, 9.17) is 0 Å². The summed E-state index contributed by atoms with van der Waals surface area (Å²) in [5.41, 5.74) is 0.505.